The van der Waals surface area contributed by atoms with E-state index in [2.05, 4.69) is 4.74 Å². The van der Waals surface area contributed by atoms with Crippen molar-refractivity contribution < 1.29 is 36.3 Å². The Morgan fingerprint density at radius 1 is 1.27 bits per heavy atom. The Labute approximate surface area is 174 Å². The first-order valence-corrected chi connectivity index (χ1v) is 9.60. The van der Waals surface area contributed by atoms with E-state index in [1.54, 1.807) is 0 Å². The second-order valence-corrected chi connectivity index (χ2v) is 8.49. The minimum Gasteiger partial charge on any atom is -0.466 e. The molecule has 0 radical (unpaired) electrons. The molecule has 3 rings (SSSR count). The number of benzene rings is 1. The zero-order chi connectivity index (χ0) is 22.3. The third-order valence-electron chi connectivity index (χ3n) is 5.60. The van der Waals surface area contributed by atoms with Gasteiger partial charge in [-0.05, 0) is 25.0 Å². The molecule has 2 aliphatic rings. The first kappa shape index (κ1) is 22.7. The lowest BCUT2D eigenvalue weighted by Crippen LogP contribution is -2.62. The number of ether oxygens (including phenoxy) is 1. The van der Waals surface area contributed by atoms with Gasteiger partial charge in [0, 0.05) is 36.9 Å². The molecule has 0 unspecified atom stereocenters. The SMILES string of the molecule is NC1(COC=O)CC(C(=O)N2CC(CC(F)(F)c3ccc(C(F)(F)F)cc3Cl)C2)C1. The average Bonchev–Trinajstić information content (AvgIpc) is 2.58. The summed E-state index contributed by atoms with van der Waals surface area (Å²) >= 11 is 5.69. The first-order chi connectivity index (χ1) is 13.8. The lowest BCUT2D eigenvalue weighted by Gasteiger charge is -2.48. The molecule has 1 amide bonds. The van der Waals surface area contributed by atoms with Gasteiger partial charge < -0.3 is 15.4 Å². The summed E-state index contributed by atoms with van der Waals surface area (Å²) in [5.74, 6) is -4.44. The number of carbonyl (C=O) groups is 2. The van der Waals surface area contributed by atoms with Gasteiger partial charge in [0.2, 0.25) is 5.91 Å². The van der Waals surface area contributed by atoms with Crippen LogP contribution in [0.25, 0.3) is 0 Å². The van der Waals surface area contributed by atoms with Crippen molar-refractivity contribution in [3.8, 4) is 0 Å². The topological polar surface area (TPSA) is 72.6 Å². The molecule has 0 bridgehead atoms. The normalized spacial score (nSPS) is 24.8. The quantitative estimate of drug-likeness (QED) is 0.505. The fourth-order valence-electron chi connectivity index (χ4n) is 4.01. The average molecular weight is 455 g/mol. The molecule has 0 atom stereocenters. The maximum atomic E-state index is 14.6. The smallest absolute Gasteiger partial charge is 0.416 e. The van der Waals surface area contributed by atoms with Crippen molar-refractivity contribution in [1.82, 2.24) is 4.90 Å². The third kappa shape index (κ3) is 4.69. The molecule has 5 nitrogen and oxygen atoms in total. The largest absolute Gasteiger partial charge is 0.466 e. The van der Waals surface area contributed by atoms with Crippen LogP contribution in [0.15, 0.2) is 18.2 Å². The van der Waals surface area contributed by atoms with E-state index < -0.39 is 46.1 Å². The van der Waals surface area contributed by atoms with Crippen molar-refractivity contribution in [3.63, 3.8) is 0 Å². The van der Waals surface area contributed by atoms with Crippen LogP contribution in [0.1, 0.15) is 30.4 Å². The minimum absolute atomic E-state index is 0.0169. The predicted octanol–water partition coefficient (Wildman–Crippen LogP) is 3.58. The number of alkyl halides is 5. The Balaban J connectivity index is 1.52. The van der Waals surface area contributed by atoms with Gasteiger partial charge >= 0.3 is 6.18 Å². The summed E-state index contributed by atoms with van der Waals surface area (Å²) in [6.45, 7) is 0.563. The maximum Gasteiger partial charge on any atom is 0.416 e. The van der Waals surface area contributed by atoms with Crippen LogP contribution in [0.2, 0.25) is 5.02 Å². The van der Waals surface area contributed by atoms with E-state index in [1.165, 1.54) is 4.90 Å². The van der Waals surface area contributed by atoms with Crippen molar-refractivity contribution in [2.24, 2.45) is 17.6 Å². The molecule has 166 valence electrons. The van der Waals surface area contributed by atoms with Crippen molar-refractivity contribution in [3.05, 3.63) is 34.3 Å². The summed E-state index contributed by atoms with van der Waals surface area (Å²) in [5, 5.41) is -0.645. The molecule has 1 aromatic rings. The summed E-state index contributed by atoms with van der Waals surface area (Å²) in [7, 11) is 0. The van der Waals surface area contributed by atoms with Crippen molar-refractivity contribution in [2.75, 3.05) is 19.7 Å². The number of hydrogen-bond donors (Lipinski definition) is 1. The highest BCUT2D eigenvalue weighted by Gasteiger charge is 2.49. The monoisotopic (exact) mass is 454 g/mol. The van der Waals surface area contributed by atoms with Crippen LogP contribution >= 0.6 is 11.6 Å². The second kappa shape index (κ2) is 7.96. The zero-order valence-corrected chi connectivity index (χ0v) is 16.5. The van der Waals surface area contributed by atoms with Crippen LogP contribution in [-0.4, -0.2) is 42.5 Å². The lowest BCUT2D eigenvalue weighted by molar-refractivity contribution is -0.152. The fraction of sp³-hybridized carbons (Fsp3) is 0.579. The van der Waals surface area contributed by atoms with Crippen LogP contribution in [0.5, 0.6) is 0 Å². The highest BCUT2D eigenvalue weighted by atomic mass is 35.5. The first-order valence-electron chi connectivity index (χ1n) is 9.22. The summed E-state index contributed by atoms with van der Waals surface area (Å²) in [5.41, 5.74) is 3.47. The highest BCUT2D eigenvalue weighted by molar-refractivity contribution is 6.31. The van der Waals surface area contributed by atoms with Gasteiger partial charge in [0.05, 0.1) is 16.1 Å². The van der Waals surface area contributed by atoms with Crippen molar-refractivity contribution in [2.45, 2.75) is 36.9 Å². The van der Waals surface area contributed by atoms with Gasteiger partial charge in [0.15, 0.2) is 0 Å². The summed E-state index contributed by atoms with van der Waals surface area (Å²) in [4.78, 5) is 24.1. The molecular formula is C19H20ClF5N2O3. The van der Waals surface area contributed by atoms with Gasteiger partial charge in [0.25, 0.3) is 12.4 Å². The van der Waals surface area contributed by atoms with Crippen LogP contribution < -0.4 is 5.73 Å². The Morgan fingerprint density at radius 2 is 1.90 bits per heavy atom. The van der Waals surface area contributed by atoms with E-state index in [1.807, 2.05) is 0 Å². The van der Waals surface area contributed by atoms with Crippen molar-refractivity contribution in [1.29, 1.82) is 0 Å². The molecule has 1 aliphatic carbocycles. The van der Waals surface area contributed by atoms with Gasteiger partial charge in [-0.25, -0.2) is 8.78 Å². The van der Waals surface area contributed by atoms with Gasteiger partial charge in [-0.1, -0.05) is 17.7 Å². The molecule has 11 heteroatoms. The zero-order valence-electron chi connectivity index (χ0n) is 15.7. The molecule has 0 aromatic heterocycles. The van der Waals surface area contributed by atoms with E-state index in [-0.39, 0.29) is 38.0 Å². The molecule has 0 spiro atoms. The second-order valence-electron chi connectivity index (χ2n) is 8.08. The summed E-state index contributed by atoms with van der Waals surface area (Å²) in [6.07, 6.45) is -4.61. The molecule has 1 aromatic carbocycles. The number of hydrogen-bond acceptors (Lipinski definition) is 4. The third-order valence-corrected chi connectivity index (χ3v) is 5.91. The molecule has 2 N–H and O–H groups in total. The predicted molar refractivity (Wildman–Crippen MR) is 96.7 cm³/mol. The summed E-state index contributed by atoms with van der Waals surface area (Å²) in [6, 6.07) is 1.77. The Kier molecular flexibility index (Phi) is 6.03. The number of likely N-dealkylation sites (tertiary alicyclic amines) is 1. The molecule has 1 saturated heterocycles. The van der Waals surface area contributed by atoms with E-state index in [0.29, 0.717) is 31.0 Å². The van der Waals surface area contributed by atoms with Crippen LogP contribution in [-0.2, 0) is 26.4 Å². The number of nitrogens with zero attached hydrogens (tertiary/aromatic N) is 1. The van der Waals surface area contributed by atoms with E-state index >= 15 is 0 Å². The van der Waals surface area contributed by atoms with Gasteiger partial charge in [0.1, 0.15) is 6.61 Å². The molecule has 1 aliphatic heterocycles. The number of carbonyl (C=O) groups excluding carboxylic acids is 2. The van der Waals surface area contributed by atoms with Gasteiger partial charge in [-0.3, -0.25) is 9.59 Å². The minimum atomic E-state index is -4.67. The van der Waals surface area contributed by atoms with Crippen molar-refractivity contribution >= 4 is 24.0 Å². The molecule has 30 heavy (non-hydrogen) atoms. The number of halogens is 6. The number of rotatable bonds is 7. The maximum absolute atomic E-state index is 14.6. The van der Waals surface area contributed by atoms with E-state index in [4.69, 9.17) is 17.3 Å². The Hall–Kier alpha value is -1.94. The number of amides is 1. The van der Waals surface area contributed by atoms with E-state index in [9.17, 15) is 31.5 Å². The fourth-order valence-corrected chi connectivity index (χ4v) is 4.33. The standard InChI is InChI=1S/C19H20ClF5N2O3/c20-15-3-13(19(23,24)25)1-2-14(15)18(21,22)4-11-7-27(8-11)16(29)12-5-17(26,6-12)9-30-10-28/h1-3,10-12H,4-9,26H2. The van der Waals surface area contributed by atoms with Gasteiger partial charge in [-0.2, -0.15) is 13.2 Å². The van der Waals surface area contributed by atoms with Crippen LogP contribution in [0, 0.1) is 11.8 Å². The Bertz CT molecular complexity index is 821. The van der Waals surface area contributed by atoms with Crippen LogP contribution in [0.4, 0.5) is 22.0 Å². The highest BCUT2D eigenvalue weighted by Crippen LogP contribution is 2.44. The molecule has 1 saturated carbocycles. The molecule has 2 fully saturated rings. The number of nitrogens with two attached hydrogens (primary N) is 1. The molecule has 1 heterocycles. The van der Waals surface area contributed by atoms with Gasteiger partial charge in [-0.15, -0.1) is 0 Å². The Morgan fingerprint density at radius 3 is 2.43 bits per heavy atom. The van der Waals surface area contributed by atoms with Crippen LogP contribution in [0.3, 0.4) is 0 Å². The molecular weight excluding hydrogens is 435 g/mol. The lowest BCUT2D eigenvalue weighted by atomic mass is 9.68. The van der Waals surface area contributed by atoms with E-state index in [0.717, 1.165) is 0 Å². The summed E-state index contributed by atoms with van der Waals surface area (Å²) < 4.78 is 71.8.